The number of allylic oxidation sites excluding steroid dienone is 2. The molecule has 1 aromatic heterocycles. The number of hydrogen-bond donors (Lipinski definition) is 0. The Morgan fingerprint density at radius 3 is 2.13 bits per heavy atom. The normalized spacial score (nSPS) is 17.6. The zero-order valence-corrected chi connectivity index (χ0v) is 18.4. The van der Waals surface area contributed by atoms with Gasteiger partial charge in [-0.05, 0) is 62.6 Å². The van der Waals surface area contributed by atoms with E-state index < -0.39 is 30.0 Å². The lowest BCUT2D eigenvalue weighted by Crippen LogP contribution is -2.51. The molecule has 1 aromatic carbocycles. The van der Waals surface area contributed by atoms with Gasteiger partial charge in [0.25, 0.3) is 0 Å². The molecule has 3 heterocycles. The van der Waals surface area contributed by atoms with Crippen molar-refractivity contribution < 1.29 is 26.3 Å². The van der Waals surface area contributed by atoms with E-state index in [1.54, 1.807) is 27.7 Å². The Morgan fingerprint density at radius 2 is 1.55 bits per heavy atom. The molecule has 0 aliphatic carbocycles. The zero-order valence-electron chi connectivity index (χ0n) is 18.4. The van der Waals surface area contributed by atoms with Gasteiger partial charge in [0.1, 0.15) is 11.5 Å². The van der Waals surface area contributed by atoms with Crippen molar-refractivity contribution in [2.45, 2.75) is 54.4 Å². The Hall–Kier alpha value is -2.64. The van der Waals surface area contributed by atoms with Crippen LogP contribution in [0.25, 0.3) is 5.57 Å². The number of benzene rings is 1. The number of nitrogens with zero attached hydrogens (tertiary/aromatic N) is 2. The molecule has 164 valence electrons. The first kappa shape index (κ1) is 21.6. The first-order valence-electron chi connectivity index (χ1n) is 10.4. The highest BCUT2D eigenvalue weighted by molar-refractivity contribution is 6.58. The standard InChI is InChI=1S/C23H24BF5N2/c1-7-15-11(3)22-20(19-17(25)9-10-18(26)21(19)27)23-12(4)16(8-2)14(6)31(23)24(28,29)30(22)13(15)5/h9-10H,7-8H2,1-6H3. The number of aromatic nitrogens is 1. The van der Waals surface area contributed by atoms with Crippen LogP contribution in [0.4, 0.5) is 21.8 Å². The quantitative estimate of drug-likeness (QED) is 0.305. The molecule has 0 saturated heterocycles. The lowest BCUT2D eigenvalue weighted by molar-refractivity contribution is -0.363. The van der Waals surface area contributed by atoms with Crippen molar-refractivity contribution in [1.29, 1.82) is 0 Å². The molecule has 0 bridgehead atoms. The molecule has 0 radical (unpaired) electrons. The van der Waals surface area contributed by atoms with E-state index in [0.29, 0.717) is 52.6 Å². The summed E-state index contributed by atoms with van der Waals surface area (Å²) >= 11 is 0. The predicted octanol–water partition coefficient (Wildman–Crippen LogP) is 6.29. The number of fused-ring (bicyclic) bond motifs is 2. The zero-order chi connectivity index (χ0) is 23.0. The fourth-order valence-electron chi connectivity index (χ4n) is 5.47. The summed E-state index contributed by atoms with van der Waals surface area (Å²) in [6.07, 6.45) is 0.969. The van der Waals surface area contributed by atoms with E-state index in [1.165, 1.54) is 0 Å². The van der Waals surface area contributed by atoms with Crippen molar-refractivity contribution in [3.05, 3.63) is 74.5 Å². The molecule has 0 spiro atoms. The molecule has 2 nitrogen and oxygen atoms in total. The Labute approximate surface area is 178 Å². The fraction of sp³-hybridized carbons (Fsp3) is 0.348. The second kappa shape index (κ2) is 6.94. The summed E-state index contributed by atoms with van der Waals surface area (Å²) in [4.78, 5) is 0. The summed E-state index contributed by atoms with van der Waals surface area (Å²) in [5.41, 5.74) is 2.63. The van der Waals surface area contributed by atoms with Crippen LogP contribution in [-0.2, 0) is 6.42 Å². The molecule has 0 N–H and O–H groups in total. The maximum Gasteiger partial charge on any atom is 0.737 e. The SMILES string of the molecule is CCC1=C(C)C2=C(c3c(F)ccc(F)c3F)c3c(C)c(CC)c(C)n3[B-](F)(F)[N+]2=C1C. The third kappa shape index (κ3) is 2.60. The van der Waals surface area contributed by atoms with E-state index in [-0.39, 0.29) is 17.0 Å². The van der Waals surface area contributed by atoms with Gasteiger partial charge in [-0.15, -0.1) is 0 Å². The average molecular weight is 434 g/mol. The Bertz CT molecular complexity index is 1250. The second-order valence-electron chi connectivity index (χ2n) is 8.20. The van der Waals surface area contributed by atoms with Crippen LogP contribution < -0.4 is 0 Å². The highest BCUT2D eigenvalue weighted by Gasteiger charge is 2.57. The summed E-state index contributed by atoms with van der Waals surface area (Å²) in [5.74, 6) is -3.59. The van der Waals surface area contributed by atoms with Crippen LogP contribution in [0.3, 0.4) is 0 Å². The third-order valence-electron chi connectivity index (χ3n) is 6.79. The molecule has 0 fully saturated rings. The lowest BCUT2D eigenvalue weighted by Gasteiger charge is -2.34. The lowest BCUT2D eigenvalue weighted by atomic mass is 9.83. The Kier molecular flexibility index (Phi) is 4.83. The van der Waals surface area contributed by atoms with Gasteiger partial charge in [-0.2, -0.15) is 0 Å². The maximum atomic E-state index is 16.1. The predicted molar refractivity (Wildman–Crippen MR) is 113 cm³/mol. The van der Waals surface area contributed by atoms with Crippen molar-refractivity contribution in [2.24, 2.45) is 0 Å². The van der Waals surface area contributed by atoms with Gasteiger partial charge < -0.3 is 17.6 Å². The van der Waals surface area contributed by atoms with Crippen molar-refractivity contribution >= 4 is 18.3 Å². The Morgan fingerprint density at radius 1 is 0.935 bits per heavy atom. The molecule has 0 atom stereocenters. The monoisotopic (exact) mass is 434 g/mol. The summed E-state index contributed by atoms with van der Waals surface area (Å²) in [7, 11) is 0. The van der Waals surface area contributed by atoms with Crippen molar-refractivity contribution in [3.8, 4) is 0 Å². The minimum absolute atomic E-state index is 0.0251. The maximum absolute atomic E-state index is 16.1. The summed E-state index contributed by atoms with van der Waals surface area (Å²) < 4.78 is 78.2. The first-order valence-corrected chi connectivity index (χ1v) is 10.4. The minimum Gasteiger partial charge on any atom is -0.393 e. The van der Waals surface area contributed by atoms with E-state index in [1.807, 2.05) is 13.8 Å². The average Bonchev–Trinajstić information content (AvgIpc) is 3.12. The second-order valence-corrected chi connectivity index (χ2v) is 8.20. The van der Waals surface area contributed by atoms with Crippen LogP contribution in [0.1, 0.15) is 62.2 Å². The molecule has 2 aliphatic heterocycles. The van der Waals surface area contributed by atoms with E-state index in [0.717, 1.165) is 15.0 Å². The van der Waals surface area contributed by atoms with E-state index in [9.17, 15) is 4.39 Å². The van der Waals surface area contributed by atoms with Gasteiger partial charge in [-0.25, -0.2) is 13.2 Å². The van der Waals surface area contributed by atoms with Gasteiger partial charge in [0, 0.05) is 23.8 Å². The van der Waals surface area contributed by atoms with E-state index in [4.69, 9.17) is 0 Å². The molecular weight excluding hydrogens is 410 g/mol. The van der Waals surface area contributed by atoms with Crippen LogP contribution in [-0.4, -0.2) is 21.6 Å². The number of hydrogen-bond acceptors (Lipinski definition) is 0. The third-order valence-corrected chi connectivity index (χ3v) is 6.79. The topological polar surface area (TPSA) is 7.94 Å². The van der Waals surface area contributed by atoms with Crippen LogP contribution in [0, 0.1) is 31.3 Å². The molecule has 0 unspecified atom stereocenters. The minimum atomic E-state index is -4.31. The molecule has 8 heteroatoms. The first-order chi connectivity index (χ1) is 14.5. The highest BCUT2D eigenvalue weighted by atomic mass is 19.2. The molecule has 31 heavy (non-hydrogen) atoms. The van der Waals surface area contributed by atoms with E-state index in [2.05, 4.69) is 0 Å². The Balaban J connectivity index is 2.30. The van der Waals surface area contributed by atoms with Crippen molar-refractivity contribution in [2.75, 3.05) is 0 Å². The van der Waals surface area contributed by atoms with Gasteiger partial charge in [0.2, 0.25) is 0 Å². The van der Waals surface area contributed by atoms with Crippen LogP contribution in [0.15, 0.2) is 29.0 Å². The van der Waals surface area contributed by atoms with Crippen LogP contribution in [0.5, 0.6) is 0 Å². The highest BCUT2D eigenvalue weighted by Crippen LogP contribution is 2.48. The smallest absolute Gasteiger partial charge is 0.393 e. The van der Waals surface area contributed by atoms with Crippen LogP contribution in [0.2, 0.25) is 0 Å². The number of rotatable bonds is 3. The van der Waals surface area contributed by atoms with E-state index >= 15 is 17.4 Å². The van der Waals surface area contributed by atoms with Gasteiger partial charge in [-0.1, -0.05) is 13.8 Å². The summed E-state index contributed by atoms with van der Waals surface area (Å²) in [6.45, 7) is 5.94. The molecular formula is C23H24BF5N2. The van der Waals surface area contributed by atoms with Gasteiger partial charge >= 0.3 is 6.97 Å². The summed E-state index contributed by atoms with van der Waals surface area (Å²) in [6, 6.07) is 1.55. The van der Waals surface area contributed by atoms with Gasteiger partial charge in [0.15, 0.2) is 17.3 Å². The van der Waals surface area contributed by atoms with Crippen molar-refractivity contribution in [3.63, 3.8) is 0 Å². The molecule has 4 rings (SSSR count). The largest absolute Gasteiger partial charge is 0.737 e. The van der Waals surface area contributed by atoms with Crippen molar-refractivity contribution in [1.82, 2.24) is 4.48 Å². The molecule has 0 amide bonds. The van der Waals surface area contributed by atoms with Crippen LogP contribution >= 0.6 is 0 Å². The number of halogens is 5. The fourth-order valence-corrected chi connectivity index (χ4v) is 5.47. The van der Waals surface area contributed by atoms with Gasteiger partial charge in [0.05, 0.1) is 11.1 Å². The van der Waals surface area contributed by atoms with Gasteiger partial charge in [-0.3, -0.25) is 0 Å². The molecule has 0 saturated carbocycles. The molecule has 2 aliphatic rings. The summed E-state index contributed by atoms with van der Waals surface area (Å²) in [5, 5.41) is 0. The molecule has 2 aromatic rings.